The number of hydrogen-bond acceptors (Lipinski definition) is 16. The molecule has 2 fully saturated rings. The van der Waals surface area contributed by atoms with E-state index in [1.165, 1.54) is 38.2 Å². The van der Waals surface area contributed by atoms with Crippen molar-refractivity contribution in [2.75, 3.05) is 26.8 Å². The SMILES string of the molecule is CC[C@H](C)[C@H](NC(=O)[C@@H](Cc1ccc(F)cc1)NC)C(=O)N[C@@H](CO)C(=O)N[C@H](CCC(N)=O)C(=O)N[C@@H](C(=O)N[C@H](C(=O)N[C@@H](CO)C(=O)N[C@H]1C(=O)NCC(=O)N[C@@]2(C[C@H]2CC(F)F)C(=O)N[C@@H]([C@@H](C)CC)C(=O)O[C@H]1C)[C@@H](C)CC)[C@@H](C)CC. The first kappa shape index (κ1) is 73.8. The second kappa shape index (κ2) is 34.8. The number of aliphatic hydroxyl groups is 2. The predicted molar refractivity (Wildman–Crippen MR) is 307 cm³/mol. The molecule has 0 aromatic heterocycles. The summed E-state index contributed by atoms with van der Waals surface area (Å²) in [6.07, 6.45) is -4.98. The number of likely N-dealkylation sites (N-methyl/N-ethyl adjacent to an activating group) is 1. The number of ether oxygens (including phenoxy) is 1. The minimum atomic E-state index is -2.83. The second-order valence-corrected chi connectivity index (χ2v) is 22.6. The van der Waals surface area contributed by atoms with Crippen molar-refractivity contribution in [3.8, 4) is 0 Å². The van der Waals surface area contributed by atoms with Crippen LogP contribution in [0.5, 0.6) is 0 Å². The van der Waals surface area contributed by atoms with Crippen LogP contribution < -0.4 is 64.2 Å². The van der Waals surface area contributed by atoms with E-state index in [-0.39, 0.29) is 25.7 Å². The fourth-order valence-corrected chi connectivity index (χ4v) is 9.58. The molecule has 1 saturated carbocycles. The van der Waals surface area contributed by atoms with Crippen molar-refractivity contribution in [1.29, 1.82) is 0 Å². The Kier molecular flexibility index (Phi) is 29.5. The van der Waals surface area contributed by atoms with Gasteiger partial charge in [0.15, 0.2) is 0 Å². The standard InChI is InChI=1S/C57H89F3N12O15/c1-11-27(5)42(68-48(78)36(62-10)21-32-15-17-34(58)18-16-32)52(82)65-37(25-73)49(79)64-35(19-20-40(61)75)47(77)67-44(29(7)13-3)54(84)69-43(28(6)12-2)53(83)66-38(26-74)50(80)70-46-31(9)87-55(85)45(30(8)14-4)71-56(86)57(23-33(57)22-39(59)60)72-41(76)24-63-51(46)81/h15-18,27-31,33,35-39,42-46,62,73-74H,11-14,19-26H2,1-10H3,(H2,61,75)(H,63,81)(H,64,79)(H,65,82)(H,66,83)(H,67,77)(H,68,78)(H,69,84)(H,70,80)(H,71,86)(H,72,76)/t27-,28-,29-,30-,31-,33+,35+,36+,37-,38-,42-,43-,44+,45-,46+,57+/m0/s1. The number of carbonyl (C=O) groups is 12. The van der Waals surface area contributed by atoms with E-state index in [2.05, 4.69) is 58.5 Å². The Balaban J connectivity index is 1.83. The third-order valence-corrected chi connectivity index (χ3v) is 16.2. The van der Waals surface area contributed by atoms with E-state index >= 15 is 0 Å². The molecule has 3 rings (SSSR count). The maximum absolute atomic E-state index is 14.3. The van der Waals surface area contributed by atoms with E-state index in [1.54, 1.807) is 55.4 Å². The molecule has 1 aromatic carbocycles. The van der Waals surface area contributed by atoms with Gasteiger partial charge in [-0.2, -0.15) is 0 Å². The summed E-state index contributed by atoms with van der Waals surface area (Å²) in [5.74, 6) is -15.8. The van der Waals surface area contributed by atoms with Gasteiger partial charge in [0.1, 0.15) is 65.8 Å². The molecule has 0 unspecified atom stereocenters. The minimum absolute atomic E-state index is 0.123. The molecule has 1 aliphatic heterocycles. The average molecular weight is 1240 g/mol. The van der Waals surface area contributed by atoms with Crippen LogP contribution in [0.4, 0.5) is 13.2 Å². The normalized spacial score (nSPS) is 22.7. The Morgan fingerprint density at radius 1 is 0.690 bits per heavy atom. The van der Waals surface area contributed by atoms with Crippen LogP contribution in [0.15, 0.2) is 24.3 Å². The first-order valence-electron chi connectivity index (χ1n) is 29.4. The van der Waals surface area contributed by atoms with Gasteiger partial charge in [-0.3, -0.25) is 52.7 Å². The van der Waals surface area contributed by atoms with Crippen molar-refractivity contribution >= 4 is 70.9 Å². The van der Waals surface area contributed by atoms with Gasteiger partial charge in [-0.05, 0) is 80.5 Å². The summed E-state index contributed by atoms with van der Waals surface area (Å²) in [4.78, 5) is 164. The van der Waals surface area contributed by atoms with E-state index in [9.17, 15) is 80.9 Å². The lowest BCUT2D eigenvalue weighted by molar-refractivity contribution is -0.157. The maximum Gasteiger partial charge on any atom is 0.329 e. The highest BCUT2D eigenvalue weighted by molar-refractivity contribution is 6.00. The molecule has 1 spiro atoms. The smallest absolute Gasteiger partial charge is 0.329 e. The van der Waals surface area contributed by atoms with Gasteiger partial charge in [-0.25, -0.2) is 18.0 Å². The summed E-state index contributed by atoms with van der Waals surface area (Å²) < 4.78 is 46.1. The molecule has 11 amide bonds. The number of nitrogens with one attached hydrogen (secondary N) is 11. The molecule has 1 aliphatic carbocycles. The van der Waals surface area contributed by atoms with Crippen molar-refractivity contribution in [2.24, 2.45) is 35.3 Å². The molecule has 15 N–H and O–H groups in total. The third-order valence-electron chi connectivity index (χ3n) is 16.2. The topological polar surface area (TPSA) is 413 Å². The number of primary amides is 1. The van der Waals surface area contributed by atoms with Gasteiger partial charge >= 0.3 is 5.97 Å². The Morgan fingerprint density at radius 3 is 1.63 bits per heavy atom. The van der Waals surface area contributed by atoms with Crippen molar-refractivity contribution in [1.82, 2.24) is 58.5 Å². The maximum atomic E-state index is 14.3. The minimum Gasteiger partial charge on any atom is -0.458 e. The number of benzene rings is 1. The number of esters is 1. The predicted octanol–water partition coefficient (Wildman–Crippen LogP) is -2.14. The molecule has 0 bridgehead atoms. The second-order valence-electron chi connectivity index (χ2n) is 22.6. The zero-order valence-electron chi connectivity index (χ0n) is 50.9. The average Bonchev–Trinajstić information content (AvgIpc) is 1.62. The van der Waals surface area contributed by atoms with Crippen LogP contribution >= 0.6 is 0 Å². The Hall–Kier alpha value is -7.47. The molecule has 488 valence electrons. The molecule has 16 atom stereocenters. The summed E-state index contributed by atoms with van der Waals surface area (Å²) in [6, 6.07) is -8.08. The van der Waals surface area contributed by atoms with Crippen molar-refractivity contribution in [3.05, 3.63) is 35.6 Å². The van der Waals surface area contributed by atoms with Crippen LogP contribution in [0.1, 0.15) is 119 Å². The fourth-order valence-electron chi connectivity index (χ4n) is 9.58. The van der Waals surface area contributed by atoms with Gasteiger partial charge in [0.2, 0.25) is 71.4 Å². The van der Waals surface area contributed by atoms with Crippen LogP contribution in [0.2, 0.25) is 0 Å². The van der Waals surface area contributed by atoms with E-state index in [4.69, 9.17) is 10.5 Å². The molecule has 1 aromatic rings. The van der Waals surface area contributed by atoms with Crippen LogP contribution in [0.25, 0.3) is 0 Å². The van der Waals surface area contributed by atoms with Crippen molar-refractivity contribution < 1.29 is 85.7 Å². The van der Waals surface area contributed by atoms with E-state index < -0.39 is 218 Å². The highest BCUT2D eigenvalue weighted by atomic mass is 19.3. The Labute approximate surface area is 504 Å². The Morgan fingerprint density at radius 2 is 1.16 bits per heavy atom. The summed E-state index contributed by atoms with van der Waals surface area (Å²) >= 11 is 0. The van der Waals surface area contributed by atoms with Gasteiger partial charge in [-0.15, -0.1) is 0 Å². The molecule has 1 heterocycles. The van der Waals surface area contributed by atoms with Crippen LogP contribution in [0, 0.1) is 35.4 Å². The van der Waals surface area contributed by atoms with Crippen LogP contribution in [-0.2, 0) is 68.7 Å². The molecular formula is C57H89F3N12O15. The first-order valence-corrected chi connectivity index (χ1v) is 29.4. The number of aliphatic hydroxyl groups excluding tert-OH is 2. The van der Waals surface area contributed by atoms with Gasteiger partial charge in [0.05, 0.1) is 25.8 Å². The van der Waals surface area contributed by atoms with E-state index in [0.717, 1.165) is 0 Å². The largest absolute Gasteiger partial charge is 0.458 e. The van der Waals surface area contributed by atoms with Crippen molar-refractivity contribution in [2.45, 2.75) is 193 Å². The molecule has 1 saturated heterocycles. The highest BCUT2D eigenvalue weighted by Crippen LogP contribution is 2.47. The number of carbonyl (C=O) groups excluding carboxylic acids is 12. The summed E-state index contributed by atoms with van der Waals surface area (Å²) in [5.41, 5.74) is 4.22. The monoisotopic (exact) mass is 1240 g/mol. The number of hydrogen-bond donors (Lipinski definition) is 14. The Bertz CT molecular complexity index is 2590. The zero-order valence-corrected chi connectivity index (χ0v) is 50.9. The zero-order chi connectivity index (χ0) is 65.6. The molecule has 0 radical (unpaired) electrons. The van der Waals surface area contributed by atoms with Gasteiger partial charge in [0.25, 0.3) is 0 Å². The highest BCUT2D eigenvalue weighted by Gasteiger charge is 2.62. The van der Waals surface area contributed by atoms with Crippen LogP contribution in [-0.4, -0.2) is 180 Å². The lowest BCUT2D eigenvalue weighted by Crippen LogP contribution is -2.63. The first-order chi connectivity index (χ1) is 40.9. The number of amides is 11. The van der Waals surface area contributed by atoms with Crippen molar-refractivity contribution in [3.63, 3.8) is 0 Å². The number of rotatable bonds is 32. The fraction of sp³-hybridized carbons (Fsp3) is 0.684. The number of cyclic esters (lactones) is 1. The number of halogens is 3. The number of alkyl halides is 2. The summed E-state index contributed by atoms with van der Waals surface area (Å²) in [6.45, 7) is 11.5. The van der Waals surface area contributed by atoms with E-state index in [0.29, 0.717) is 18.4 Å². The quantitative estimate of drug-likeness (QED) is 0.0343. The summed E-state index contributed by atoms with van der Waals surface area (Å²) in [7, 11) is 1.52. The lowest BCUT2D eigenvalue weighted by atomic mass is 9.94. The molecule has 27 nitrogen and oxygen atoms in total. The number of nitrogens with two attached hydrogens (primary N) is 1. The molecule has 2 aliphatic rings. The molecule has 30 heteroatoms. The van der Waals surface area contributed by atoms with E-state index in [1.807, 2.05) is 0 Å². The summed E-state index contributed by atoms with van der Waals surface area (Å²) in [5, 5.41) is 48.3. The lowest BCUT2D eigenvalue weighted by Gasteiger charge is -2.31. The van der Waals surface area contributed by atoms with Gasteiger partial charge in [0, 0.05) is 12.8 Å². The van der Waals surface area contributed by atoms with Gasteiger partial charge in [-0.1, -0.05) is 93.2 Å². The molecule has 87 heavy (non-hydrogen) atoms. The molecular weight excluding hydrogens is 1150 g/mol. The third kappa shape index (κ3) is 21.4. The van der Waals surface area contributed by atoms with Crippen LogP contribution in [0.3, 0.4) is 0 Å². The van der Waals surface area contributed by atoms with Gasteiger partial charge < -0.3 is 79.2 Å².